The molecule has 1 aromatic heterocycles. The maximum absolute atomic E-state index is 12.8. The Balaban J connectivity index is 1.79. The SMILES string of the molecule is NC1CCc2nc(Cc3ccc(F)cc3)nn2C1. The van der Waals surface area contributed by atoms with Crippen LogP contribution in [0.1, 0.15) is 23.6 Å². The second-order valence-electron chi connectivity index (χ2n) is 4.73. The lowest BCUT2D eigenvalue weighted by Crippen LogP contribution is -2.32. The molecule has 0 aliphatic carbocycles. The highest BCUT2D eigenvalue weighted by atomic mass is 19.1. The van der Waals surface area contributed by atoms with E-state index in [9.17, 15) is 4.39 Å². The molecule has 2 N–H and O–H groups in total. The van der Waals surface area contributed by atoms with Crippen LogP contribution >= 0.6 is 0 Å². The highest BCUT2D eigenvalue weighted by Gasteiger charge is 2.18. The molecule has 94 valence electrons. The van der Waals surface area contributed by atoms with Gasteiger partial charge in [0.15, 0.2) is 5.82 Å². The first-order valence-corrected chi connectivity index (χ1v) is 6.13. The molecule has 0 amide bonds. The van der Waals surface area contributed by atoms with E-state index < -0.39 is 0 Å². The minimum absolute atomic E-state index is 0.179. The number of benzene rings is 1. The molecule has 1 aliphatic rings. The van der Waals surface area contributed by atoms with Gasteiger partial charge in [-0.2, -0.15) is 5.10 Å². The number of hydrogen-bond acceptors (Lipinski definition) is 3. The van der Waals surface area contributed by atoms with E-state index >= 15 is 0 Å². The van der Waals surface area contributed by atoms with Crippen LogP contribution in [0.25, 0.3) is 0 Å². The molecule has 4 nitrogen and oxygen atoms in total. The van der Waals surface area contributed by atoms with E-state index in [2.05, 4.69) is 10.1 Å². The Bertz CT molecular complexity index is 547. The van der Waals surface area contributed by atoms with Gasteiger partial charge in [0.25, 0.3) is 0 Å². The minimum Gasteiger partial charge on any atom is -0.326 e. The third-order valence-electron chi connectivity index (χ3n) is 3.21. The zero-order chi connectivity index (χ0) is 12.5. The van der Waals surface area contributed by atoms with Crippen molar-refractivity contribution >= 4 is 0 Å². The number of nitrogens with zero attached hydrogens (tertiary/aromatic N) is 3. The number of fused-ring (bicyclic) bond motifs is 1. The third-order valence-corrected chi connectivity index (χ3v) is 3.21. The Morgan fingerprint density at radius 1 is 1.33 bits per heavy atom. The molecule has 0 fully saturated rings. The van der Waals surface area contributed by atoms with Crippen LogP contribution in [0.5, 0.6) is 0 Å². The van der Waals surface area contributed by atoms with Gasteiger partial charge in [0, 0.05) is 18.9 Å². The molecule has 2 heterocycles. The Morgan fingerprint density at radius 2 is 2.11 bits per heavy atom. The Kier molecular flexibility index (Phi) is 2.83. The van der Waals surface area contributed by atoms with E-state index in [-0.39, 0.29) is 11.9 Å². The molecule has 0 saturated heterocycles. The summed E-state index contributed by atoms with van der Waals surface area (Å²) in [7, 11) is 0. The molecule has 1 aromatic carbocycles. The minimum atomic E-state index is -0.221. The first-order valence-electron chi connectivity index (χ1n) is 6.13. The summed E-state index contributed by atoms with van der Waals surface area (Å²) in [5.41, 5.74) is 6.92. The average molecular weight is 246 g/mol. The summed E-state index contributed by atoms with van der Waals surface area (Å²) in [4.78, 5) is 4.51. The summed E-state index contributed by atoms with van der Waals surface area (Å²) < 4.78 is 14.7. The van der Waals surface area contributed by atoms with Gasteiger partial charge >= 0.3 is 0 Å². The van der Waals surface area contributed by atoms with Crippen molar-refractivity contribution < 1.29 is 4.39 Å². The zero-order valence-corrected chi connectivity index (χ0v) is 10.0. The first-order chi connectivity index (χ1) is 8.70. The zero-order valence-electron chi connectivity index (χ0n) is 10.0. The maximum atomic E-state index is 12.8. The highest BCUT2D eigenvalue weighted by Crippen LogP contribution is 2.14. The van der Waals surface area contributed by atoms with Crippen molar-refractivity contribution in [2.45, 2.75) is 31.8 Å². The molecule has 1 unspecified atom stereocenters. The number of rotatable bonds is 2. The maximum Gasteiger partial charge on any atom is 0.155 e. The predicted molar refractivity (Wildman–Crippen MR) is 65.5 cm³/mol. The van der Waals surface area contributed by atoms with E-state index in [0.29, 0.717) is 6.42 Å². The van der Waals surface area contributed by atoms with E-state index in [1.54, 1.807) is 12.1 Å². The number of halogens is 1. The Hall–Kier alpha value is -1.75. The highest BCUT2D eigenvalue weighted by molar-refractivity contribution is 5.20. The van der Waals surface area contributed by atoms with Gasteiger partial charge in [0.05, 0.1) is 6.54 Å². The Morgan fingerprint density at radius 3 is 2.89 bits per heavy atom. The summed E-state index contributed by atoms with van der Waals surface area (Å²) >= 11 is 0. The summed E-state index contributed by atoms with van der Waals surface area (Å²) in [6, 6.07) is 6.63. The lowest BCUT2D eigenvalue weighted by Gasteiger charge is -2.17. The van der Waals surface area contributed by atoms with E-state index in [1.165, 1.54) is 12.1 Å². The van der Waals surface area contributed by atoms with Gasteiger partial charge in [-0.3, -0.25) is 0 Å². The van der Waals surface area contributed by atoms with Crippen LogP contribution in [0.4, 0.5) is 4.39 Å². The molecule has 18 heavy (non-hydrogen) atoms. The summed E-state index contributed by atoms with van der Waals surface area (Å²) in [5.74, 6) is 1.57. The molecule has 1 aliphatic heterocycles. The lowest BCUT2D eigenvalue weighted by atomic mass is 10.1. The normalized spacial score (nSPS) is 18.7. The number of aryl methyl sites for hydroxylation is 1. The number of aromatic nitrogens is 3. The van der Waals surface area contributed by atoms with Gasteiger partial charge in [0.1, 0.15) is 11.6 Å². The fourth-order valence-corrected chi connectivity index (χ4v) is 2.24. The molecule has 3 rings (SSSR count). The lowest BCUT2D eigenvalue weighted by molar-refractivity contribution is 0.421. The summed E-state index contributed by atoms with van der Waals surface area (Å²) in [5, 5.41) is 4.45. The largest absolute Gasteiger partial charge is 0.326 e. The quantitative estimate of drug-likeness (QED) is 0.868. The van der Waals surface area contributed by atoms with Crippen molar-refractivity contribution in [1.29, 1.82) is 0 Å². The molecule has 0 spiro atoms. The molecule has 0 radical (unpaired) electrons. The molecule has 0 bridgehead atoms. The molecular weight excluding hydrogens is 231 g/mol. The average Bonchev–Trinajstić information content (AvgIpc) is 2.73. The smallest absolute Gasteiger partial charge is 0.155 e. The van der Waals surface area contributed by atoms with Crippen molar-refractivity contribution in [1.82, 2.24) is 14.8 Å². The second kappa shape index (κ2) is 4.49. The fourth-order valence-electron chi connectivity index (χ4n) is 2.24. The van der Waals surface area contributed by atoms with E-state index in [1.807, 2.05) is 4.68 Å². The van der Waals surface area contributed by atoms with Gasteiger partial charge in [-0.25, -0.2) is 14.1 Å². The van der Waals surface area contributed by atoms with Gasteiger partial charge < -0.3 is 5.73 Å². The van der Waals surface area contributed by atoms with Crippen molar-refractivity contribution in [2.75, 3.05) is 0 Å². The van der Waals surface area contributed by atoms with Gasteiger partial charge in [-0.1, -0.05) is 12.1 Å². The van der Waals surface area contributed by atoms with Gasteiger partial charge in [0.2, 0.25) is 0 Å². The van der Waals surface area contributed by atoms with E-state index in [4.69, 9.17) is 5.73 Å². The third kappa shape index (κ3) is 2.26. The van der Waals surface area contributed by atoms with Crippen LogP contribution in [0.15, 0.2) is 24.3 Å². The standard InChI is InChI=1S/C13H15FN4/c14-10-3-1-9(2-4-10)7-12-16-13-6-5-11(15)8-18(13)17-12/h1-4,11H,5-8,15H2. The van der Waals surface area contributed by atoms with Crippen LogP contribution in [0, 0.1) is 5.82 Å². The molecule has 1 atom stereocenters. The monoisotopic (exact) mass is 246 g/mol. The van der Waals surface area contributed by atoms with E-state index in [0.717, 1.165) is 36.6 Å². The van der Waals surface area contributed by atoms with Crippen LogP contribution in [-0.2, 0) is 19.4 Å². The van der Waals surface area contributed by atoms with Gasteiger partial charge in [-0.05, 0) is 24.1 Å². The first kappa shape index (κ1) is 11.3. The summed E-state index contributed by atoms with van der Waals surface area (Å²) in [6.07, 6.45) is 2.49. The number of nitrogens with two attached hydrogens (primary N) is 1. The molecule has 2 aromatic rings. The molecule has 0 saturated carbocycles. The molecular formula is C13H15FN4. The van der Waals surface area contributed by atoms with Crippen molar-refractivity contribution in [3.05, 3.63) is 47.3 Å². The Labute approximate surface area is 105 Å². The van der Waals surface area contributed by atoms with Crippen LogP contribution < -0.4 is 5.73 Å². The van der Waals surface area contributed by atoms with Crippen molar-refractivity contribution in [2.24, 2.45) is 5.73 Å². The van der Waals surface area contributed by atoms with Crippen LogP contribution in [-0.4, -0.2) is 20.8 Å². The topological polar surface area (TPSA) is 56.7 Å². The van der Waals surface area contributed by atoms with Crippen LogP contribution in [0.2, 0.25) is 0 Å². The number of hydrogen-bond donors (Lipinski definition) is 1. The predicted octanol–water partition coefficient (Wildman–Crippen LogP) is 1.28. The van der Waals surface area contributed by atoms with Gasteiger partial charge in [-0.15, -0.1) is 0 Å². The van der Waals surface area contributed by atoms with Crippen molar-refractivity contribution in [3.8, 4) is 0 Å². The fraction of sp³-hybridized carbons (Fsp3) is 0.385. The van der Waals surface area contributed by atoms with Crippen molar-refractivity contribution in [3.63, 3.8) is 0 Å². The second-order valence-corrected chi connectivity index (χ2v) is 4.73. The van der Waals surface area contributed by atoms with Crippen LogP contribution in [0.3, 0.4) is 0 Å². The summed E-state index contributed by atoms with van der Waals surface area (Å²) in [6.45, 7) is 0.742. The molecule has 5 heteroatoms.